The van der Waals surface area contributed by atoms with Crippen molar-refractivity contribution >= 4 is 33.2 Å². The van der Waals surface area contributed by atoms with E-state index in [2.05, 4.69) is 13.8 Å². The first-order valence-corrected chi connectivity index (χ1v) is 8.46. The second-order valence-electron chi connectivity index (χ2n) is 5.64. The molecule has 0 aromatic heterocycles. The van der Waals surface area contributed by atoms with Gasteiger partial charge in [0.15, 0.2) is 0 Å². The largest absolute Gasteiger partial charge is 0.243 e. The third kappa shape index (κ3) is 3.07. The van der Waals surface area contributed by atoms with Crippen molar-refractivity contribution in [2.75, 3.05) is 13.1 Å². The Bertz CT molecular complexity index is 584. The smallest absolute Gasteiger partial charge is 0.207 e. The molecule has 106 valence electrons. The number of nitrogens with zero attached hydrogens (tertiary/aromatic N) is 1. The molecule has 1 heterocycles. The lowest BCUT2D eigenvalue weighted by Gasteiger charge is -2.20. The second kappa shape index (κ2) is 5.24. The highest BCUT2D eigenvalue weighted by molar-refractivity contribution is 7.89. The van der Waals surface area contributed by atoms with Crippen LogP contribution in [-0.2, 0) is 15.9 Å². The monoisotopic (exact) mass is 321 g/mol. The van der Waals surface area contributed by atoms with Crippen molar-refractivity contribution in [1.82, 2.24) is 4.31 Å². The maximum absolute atomic E-state index is 12.5. The molecule has 19 heavy (non-hydrogen) atoms. The van der Waals surface area contributed by atoms with Crippen LogP contribution >= 0.6 is 23.2 Å². The summed E-state index contributed by atoms with van der Waals surface area (Å²) in [5.41, 5.74) is 0.775. The molecule has 1 aliphatic heterocycles. The molecule has 1 fully saturated rings. The van der Waals surface area contributed by atoms with Gasteiger partial charge >= 0.3 is 0 Å². The minimum Gasteiger partial charge on any atom is -0.207 e. The van der Waals surface area contributed by atoms with Crippen molar-refractivity contribution in [2.45, 2.75) is 31.0 Å². The van der Waals surface area contributed by atoms with Gasteiger partial charge in [0.25, 0.3) is 0 Å². The minimum absolute atomic E-state index is 0.0347. The van der Waals surface area contributed by atoms with Gasteiger partial charge in [-0.2, -0.15) is 4.31 Å². The van der Waals surface area contributed by atoms with E-state index in [1.165, 1.54) is 10.4 Å². The molecule has 3 nitrogen and oxygen atoms in total. The molecule has 1 aromatic rings. The Morgan fingerprint density at radius 2 is 2.05 bits per heavy atom. The van der Waals surface area contributed by atoms with E-state index in [0.717, 1.165) is 12.0 Å². The third-order valence-corrected chi connectivity index (χ3v) is 5.93. The Balaban J connectivity index is 2.33. The fourth-order valence-electron chi connectivity index (χ4n) is 2.21. The standard InChI is InChI=1S/C13H17Cl2NO2S/c1-13(2)5-6-16(9-13)19(17,18)11-4-3-10(8-14)12(15)7-11/h3-4,7H,5-6,8-9H2,1-2H3. The molecule has 2 rings (SSSR count). The summed E-state index contributed by atoms with van der Waals surface area (Å²) in [5, 5.41) is 0.398. The molecule has 0 saturated carbocycles. The van der Waals surface area contributed by atoms with Crippen molar-refractivity contribution < 1.29 is 8.42 Å². The molecule has 0 atom stereocenters. The van der Waals surface area contributed by atoms with E-state index >= 15 is 0 Å². The third-order valence-electron chi connectivity index (χ3n) is 3.45. The van der Waals surface area contributed by atoms with Gasteiger partial charge in [-0.1, -0.05) is 31.5 Å². The first kappa shape index (κ1) is 15.1. The van der Waals surface area contributed by atoms with Gasteiger partial charge in [-0.25, -0.2) is 8.42 Å². The predicted molar refractivity (Wildman–Crippen MR) is 78.2 cm³/mol. The van der Waals surface area contributed by atoms with E-state index in [4.69, 9.17) is 23.2 Å². The Kier molecular flexibility index (Phi) is 4.17. The second-order valence-corrected chi connectivity index (χ2v) is 8.25. The van der Waals surface area contributed by atoms with E-state index in [-0.39, 0.29) is 16.2 Å². The predicted octanol–water partition coefficient (Wildman–Crippen LogP) is 3.50. The number of hydrogen-bond donors (Lipinski definition) is 0. The highest BCUT2D eigenvalue weighted by Gasteiger charge is 2.36. The van der Waals surface area contributed by atoms with Crippen LogP contribution in [0.3, 0.4) is 0 Å². The topological polar surface area (TPSA) is 37.4 Å². The Morgan fingerprint density at radius 1 is 1.37 bits per heavy atom. The Hall–Kier alpha value is -0.290. The quantitative estimate of drug-likeness (QED) is 0.799. The van der Waals surface area contributed by atoms with E-state index in [1.54, 1.807) is 12.1 Å². The summed E-state index contributed by atoms with van der Waals surface area (Å²) >= 11 is 11.7. The van der Waals surface area contributed by atoms with E-state index in [0.29, 0.717) is 18.1 Å². The van der Waals surface area contributed by atoms with Crippen LogP contribution in [0.2, 0.25) is 5.02 Å². The first-order valence-electron chi connectivity index (χ1n) is 6.11. The molecular formula is C13H17Cl2NO2S. The van der Waals surface area contributed by atoms with Crippen LogP contribution in [0.5, 0.6) is 0 Å². The highest BCUT2D eigenvalue weighted by Crippen LogP contribution is 2.33. The molecule has 1 aliphatic rings. The number of benzene rings is 1. The van der Waals surface area contributed by atoms with Gasteiger partial charge in [0, 0.05) is 24.0 Å². The van der Waals surface area contributed by atoms with Crippen LogP contribution in [-0.4, -0.2) is 25.8 Å². The summed E-state index contributed by atoms with van der Waals surface area (Å²) in [7, 11) is -3.45. The van der Waals surface area contributed by atoms with Gasteiger partial charge in [0.2, 0.25) is 10.0 Å². The molecule has 0 bridgehead atoms. The number of alkyl halides is 1. The molecule has 0 N–H and O–H groups in total. The number of halogens is 2. The van der Waals surface area contributed by atoms with Crippen molar-refractivity contribution in [2.24, 2.45) is 5.41 Å². The molecule has 0 unspecified atom stereocenters. The maximum atomic E-state index is 12.5. The SMILES string of the molecule is CC1(C)CCN(S(=O)(=O)c2ccc(CCl)c(Cl)c2)C1. The van der Waals surface area contributed by atoms with Crippen molar-refractivity contribution in [1.29, 1.82) is 0 Å². The minimum atomic E-state index is -3.45. The highest BCUT2D eigenvalue weighted by atomic mass is 35.5. The van der Waals surface area contributed by atoms with Gasteiger partial charge in [-0.15, -0.1) is 11.6 Å². The molecule has 1 saturated heterocycles. The zero-order valence-corrected chi connectivity index (χ0v) is 13.3. The summed E-state index contributed by atoms with van der Waals surface area (Å²) < 4.78 is 26.5. The zero-order valence-electron chi connectivity index (χ0n) is 11.0. The van der Waals surface area contributed by atoms with Gasteiger partial charge in [0.1, 0.15) is 0 Å². The lowest BCUT2D eigenvalue weighted by Crippen LogP contribution is -2.30. The van der Waals surface area contributed by atoms with Gasteiger partial charge in [-0.3, -0.25) is 0 Å². The average molecular weight is 322 g/mol. The van der Waals surface area contributed by atoms with E-state index in [9.17, 15) is 8.42 Å². The summed E-state index contributed by atoms with van der Waals surface area (Å²) in [6, 6.07) is 4.73. The first-order chi connectivity index (χ1) is 8.76. The molecule has 6 heteroatoms. The molecular weight excluding hydrogens is 305 g/mol. The van der Waals surface area contributed by atoms with Gasteiger partial charge < -0.3 is 0 Å². The zero-order chi connectivity index (χ0) is 14.3. The fraction of sp³-hybridized carbons (Fsp3) is 0.538. The maximum Gasteiger partial charge on any atom is 0.243 e. The summed E-state index contributed by atoms with van der Waals surface area (Å²) in [6.07, 6.45) is 0.875. The lowest BCUT2D eigenvalue weighted by atomic mass is 9.93. The Labute approximate surface area is 124 Å². The Morgan fingerprint density at radius 3 is 2.53 bits per heavy atom. The lowest BCUT2D eigenvalue weighted by molar-refractivity contribution is 0.375. The van der Waals surface area contributed by atoms with Gasteiger partial charge in [0.05, 0.1) is 4.90 Å². The van der Waals surface area contributed by atoms with Gasteiger partial charge in [-0.05, 0) is 29.5 Å². The normalized spacial score (nSPS) is 19.8. The van der Waals surface area contributed by atoms with Crippen molar-refractivity contribution in [3.05, 3.63) is 28.8 Å². The molecule has 0 amide bonds. The summed E-state index contributed by atoms with van der Waals surface area (Å²) in [4.78, 5) is 0.240. The molecule has 0 radical (unpaired) electrons. The van der Waals surface area contributed by atoms with Crippen molar-refractivity contribution in [3.8, 4) is 0 Å². The van der Waals surface area contributed by atoms with E-state index in [1.807, 2.05) is 0 Å². The van der Waals surface area contributed by atoms with Crippen LogP contribution in [0.15, 0.2) is 23.1 Å². The molecule has 1 aromatic carbocycles. The van der Waals surface area contributed by atoms with Crippen molar-refractivity contribution in [3.63, 3.8) is 0 Å². The average Bonchev–Trinajstić information content (AvgIpc) is 2.70. The number of rotatable bonds is 3. The number of hydrogen-bond acceptors (Lipinski definition) is 2. The fourth-order valence-corrected chi connectivity index (χ4v) is 4.48. The summed E-state index contributed by atoms with van der Waals surface area (Å²) in [5.74, 6) is 0.274. The van der Waals surface area contributed by atoms with Crippen LogP contribution in [0.4, 0.5) is 0 Å². The van der Waals surface area contributed by atoms with Crippen LogP contribution < -0.4 is 0 Å². The molecule has 0 spiro atoms. The van der Waals surface area contributed by atoms with E-state index < -0.39 is 10.0 Å². The van der Waals surface area contributed by atoms with Crippen LogP contribution in [0.1, 0.15) is 25.8 Å². The van der Waals surface area contributed by atoms with Crippen LogP contribution in [0.25, 0.3) is 0 Å². The van der Waals surface area contributed by atoms with Crippen LogP contribution in [0, 0.1) is 5.41 Å². The summed E-state index contributed by atoms with van der Waals surface area (Å²) in [6.45, 7) is 5.26. The number of sulfonamides is 1. The molecule has 0 aliphatic carbocycles.